The summed E-state index contributed by atoms with van der Waals surface area (Å²) in [6.07, 6.45) is 2.24. The summed E-state index contributed by atoms with van der Waals surface area (Å²) in [5.41, 5.74) is 3.72. The Morgan fingerprint density at radius 2 is 1.62 bits per heavy atom. The Morgan fingerprint density at radius 3 is 2.27 bits per heavy atom. The van der Waals surface area contributed by atoms with Gasteiger partial charge in [0.15, 0.2) is 0 Å². The van der Waals surface area contributed by atoms with Gasteiger partial charge in [0, 0.05) is 37.9 Å². The van der Waals surface area contributed by atoms with Crippen molar-refractivity contribution in [3.63, 3.8) is 0 Å². The minimum atomic E-state index is -0.184. The molecule has 4 rings (SSSR count). The van der Waals surface area contributed by atoms with Gasteiger partial charge in [-0.05, 0) is 37.0 Å². The molecule has 0 radical (unpaired) electrons. The van der Waals surface area contributed by atoms with Gasteiger partial charge in [-0.2, -0.15) is 0 Å². The van der Waals surface area contributed by atoms with Gasteiger partial charge in [0.05, 0.1) is 0 Å². The zero-order valence-electron chi connectivity index (χ0n) is 15.4. The van der Waals surface area contributed by atoms with E-state index in [2.05, 4.69) is 58.4 Å². The summed E-state index contributed by atoms with van der Waals surface area (Å²) in [6, 6.07) is 19.0. The minimum absolute atomic E-state index is 0.156. The number of hydrogen-bond donors (Lipinski definition) is 1. The molecule has 1 N–H and O–H groups in total. The third-order valence-electron chi connectivity index (χ3n) is 5.42. The van der Waals surface area contributed by atoms with E-state index in [0.29, 0.717) is 6.04 Å². The highest BCUT2D eigenvalue weighted by Crippen LogP contribution is 2.27. The van der Waals surface area contributed by atoms with Crippen LogP contribution in [0.15, 0.2) is 54.6 Å². The first-order valence-corrected chi connectivity index (χ1v) is 9.62. The van der Waals surface area contributed by atoms with Crippen molar-refractivity contribution in [2.24, 2.45) is 0 Å². The lowest BCUT2D eigenvalue weighted by Crippen LogP contribution is -2.51. The Morgan fingerprint density at radius 1 is 0.962 bits per heavy atom. The average Bonchev–Trinajstić information content (AvgIpc) is 3.48. The molecule has 1 amide bonds. The van der Waals surface area contributed by atoms with E-state index in [9.17, 15) is 4.79 Å². The van der Waals surface area contributed by atoms with Gasteiger partial charge in [-0.15, -0.1) is 0 Å². The molecule has 26 heavy (non-hydrogen) atoms. The zero-order chi connectivity index (χ0) is 17.9. The van der Waals surface area contributed by atoms with Crippen molar-refractivity contribution < 1.29 is 4.79 Å². The fourth-order valence-corrected chi connectivity index (χ4v) is 3.81. The third-order valence-corrected chi connectivity index (χ3v) is 5.42. The monoisotopic (exact) mass is 349 g/mol. The molecule has 1 atom stereocenters. The quantitative estimate of drug-likeness (QED) is 0.901. The summed E-state index contributed by atoms with van der Waals surface area (Å²) in [7, 11) is 0. The van der Waals surface area contributed by atoms with Crippen LogP contribution in [0.5, 0.6) is 0 Å². The number of aryl methyl sites for hydroxylation is 1. The van der Waals surface area contributed by atoms with Gasteiger partial charge in [0.25, 0.3) is 0 Å². The topological polar surface area (TPSA) is 35.6 Å². The number of piperazine rings is 1. The number of amides is 1. The summed E-state index contributed by atoms with van der Waals surface area (Å²) in [6.45, 7) is 5.85. The van der Waals surface area contributed by atoms with Crippen LogP contribution in [0, 0.1) is 6.92 Å². The van der Waals surface area contributed by atoms with Crippen molar-refractivity contribution >= 4 is 11.6 Å². The Bertz CT molecular complexity index is 749. The smallest absolute Gasteiger partial charge is 0.242 e. The first-order valence-electron chi connectivity index (χ1n) is 9.62. The SMILES string of the molecule is Cc1ccccc1N1CCN([C@@H](C(=O)NC2CC2)c2ccccc2)CC1. The Labute approximate surface area is 155 Å². The zero-order valence-corrected chi connectivity index (χ0v) is 15.4. The molecule has 2 aromatic carbocycles. The van der Waals surface area contributed by atoms with Gasteiger partial charge in [-0.3, -0.25) is 9.69 Å². The molecule has 0 bridgehead atoms. The Balaban J connectivity index is 1.49. The molecule has 1 aliphatic heterocycles. The van der Waals surface area contributed by atoms with Crippen LogP contribution in [0.1, 0.15) is 30.0 Å². The predicted molar refractivity (Wildman–Crippen MR) is 105 cm³/mol. The second-order valence-electron chi connectivity index (χ2n) is 7.41. The maximum absolute atomic E-state index is 12.9. The highest BCUT2D eigenvalue weighted by atomic mass is 16.2. The normalized spacial score (nSPS) is 19.2. The lowest BCUT2D eigenvalue weighted by Gasteiger charge is -2.40. The van der Waals surface area contributed by atoms with Crippen molar-refractivity contribution in [1.82, 2.24) is 10.2 Å². The second-order valence-corrected chi connectivity index (χ2v) is 7.41. The number of nitrogens with zero attached hydrogens (tertiary/aromatic N) is 2. The fraction of sp³-hybridized carbons (Fsp3) is 0.409. The van der Waals surface area contributed by atoms with Crippen LogP contribution in [-0.2, 0) is 4.79 Å². The Kier molecular flexibility index (Phi) is 4.93. The maximum Gasteiger partial charge on any atom is 0.242 e. The second kappa shape index (κ2) is 7.50. The molecule has 2 fully saturated rings. The number of para-hydroxylation sites is 1. The van der Waals surface area contributed by atoms with Crippen LogP contribution in [0.3, 0.4) is 0 Å². The molecular formula is C22H27N3O. The molecule has 1 saturated heterocycles. The highest BCUT2D eigenvalue weighted by Gasteiger charge is 2.33. The number of carbonyl (C=O) groups is 1. The third kappa shape index (κ3) is 3.75. The molecule has 1 aliphatic carbocycles. The van der Waals surface area contributed by atoms with Gasteiger partial charge >= 0.3 is 0 Å². The van der Waals surface area contributed by atoms with Gasteiger partial charge in [0.2, 0.25) is 5.91 Å². The van der Waals surface area contributed by atoms with Crippen LogP contribution >= 0.6 is 0 Å². The molecule has 0 aromatic heterocycles. The van der Waals surface area contributed by atoms with Gasteiger partial charge in [-0.1, -0.05) is 48.5 Å². The first-order chi connectivity index (χ1) is 12.7. The van der Waals surface area contributed by atoms with Crippen molar-refractivity contribution in [1.29, 1.82) is 0 Å². The Hall–Kier alpha value is -2.33. The van der Waals surface area contributed by atoms with E-state index in [1.54, 1.807) is 0 Å². The largest absolute Gasteiger partial charge is 0.369 e. The average molecular weight is 349 g/mol. The number of hydrogen-bond acceptors (Lipinski definition) is 3. The van der Waals surface area contributed by atoms with Crippen molar-refractivity contribution in [2.45, 2.75) is 31.8 Å². The van der Waals surface area contributed by atoms with Crippen LogP contribution < -0.4 is 10.2 Å². The number of benzene rings is 2. The number of rotatable bonds is 5. The summed E-state index contributed by atoms with van der Waals surface area (Å²) >= 11 is 0. The lowest BCUT2D eigenvalue weighted by molar-refractivity contribution is -0.127. The van der Waals surface area contributed by atoms with Crippen LogP contribution in [0.4, 0.5) is 5.69 Å². The lowest BCUT2D eigenvalue weighted by atomic mass is 10.0. The van der Waals surface area contributed by atoms with Crippen molar-refractivity contribution in [3.05, 3.63) is 65.7 Å². The van der Waals surface area contributed by atoms with E-state index < -0.39 is 0 Å². The molecule has 4 nitrogen and oxygen atoms in total. The van der Waals surface area contributed by atoms with E-state index >= 15 is 0 Å². The maximum atomic E-state index is 12.9. The predicted octanol–water partition coefficient (Wildman–Crippen LogP) is 3.14. The van der Waals surface area contributed by atoms with Crippen molar-refractivity contribution in [3.8, 4) is 0 Å². The first kappa shape index (κ1) is 17.1. The molecule has 0 spiro atoms. The number of nitrogens with one attached hydrogen (secondary N) is 1. The highest BCUT2D eigenvalue weighted by molar-refractivity contribution is 5.83. The van der Waals surface area contributed by atoms with Crippen LogP contribution in [0.25, 0.3) is 0 Å². The van der Waals surface area contributed by atoms with Gasteiger partial charge < -0.3 is 10.2 Å². The summed E-state index contributed by atoms with van der Waals surface area (Å²) < 4.78 is 0. The molecule has 136 valence electrons. The summed E-state index contributed by atoms with van der Waals surface area (Å²) in [4.78, 5) is 17.7. The van der Waals surface area contributed by atoms with Gasteiger partial charge in [-0.25, -0.2) is 0 Å². The summed E-state index contributed by atoms with van der Waals surface area (Å²) in [5, 5.41) is 3.21. The molecule has 2 aromatic rings. The van der Waals surface area contributed by atoms with E-state index in [1.165, 1.54) is 11.3 Å². The molecule has 4 heteroatoms. The molecule has 0 unspecified atom stereocenters. The van der Waals surface area contributed by atoms with E-state index in [1.807, 2.05) is 18.2 Å². The van der Waals surface area contributed by atoms with E-state index in [0.717, 1.165) is 44.6 Å². The summed E-state index contributed by atoms with van der Waals surface area (Å²) in [5.74, 6) is 0.156. The number of anilines is 1. The van der Waals surface area contributed by atoms with E-state index in [4.69, 9.17) is 0 Å². The molecule has 2 aliphatic rings. The fourth-order valence-electron chi connectivity index (χ4n) is 3.81. The number of carbonyl (C=O) groups excluding carboxylic acids is 1. The van der Waals surface area contributed by atoms with E-state index in [-0.39, 0.29) is 11.9 Å². The minimum Gasteiger partial charge on any atom is -0.369 e. The van der Waals surface area contributed by atoms with Crippen LogP contribution in [0.2, 0.25) is 0 Å². The molecular weight excluding hydrogens is 322 g/mol. The van der Waals surface area contributed by atoms with Crippen molar-refractivity contribution in [2.75, 3.05) is 31.1 Å². The molecule has 1 heterocycles. The van der Waals surface area contributed by atoms with Gasteiger partial charge in [0.1, 0.15) is 6.04 Å². The van der Waals surface area contributed by atoms with Crippen LogP contribution in [-0.4, -0.2) is 43.0 Å². The molecule has 1 saturated carbocycles. The standard InChI is InChI=1S/C22H27N3O/c1-17-7-5-6-10-20(17)24-13-15-25(16-14-24)21(18-8-3-2-4-9-18)22(26)23-19-11-12-19/h2-10,19,21H,11-16H2,1H3,(H,23,26)/t21-/m1/s1.